The summed E-state index contributed by atoms with van der Waals surface area (Å²) in [7, 11) is 0. The fourth-order valence-electron chi connectivity index (χ4n) is 4.38. The molecule has 1 saturated heterocycles. The average molecular weight is 415 g/mol. The van der Waals surface area contributed by atoms with Crippen LogP contribution < -0.4 is 14.8 Å². The van der Waals surface area contributed by atoms with Gasteiger partial charge in [-0.25, -0.2) is 8.78 Å². The van der Waals surface area contributed by atoms with E-state index >= 15 is 0 Å². The predicted octanol–water partition coefficient (Wildman–Crippen LogP) is 4.39. The lowest BCUT2D eigenvalue weighted by atomic mass is 9.82. The number of rotatable bonds is 8. The van der Waals surface area contributed by atoms with Gasteiger partial charge in [0.1, 0.15) is 5.82 Å². The van der Waals surface area contributed by atoms with E-state index in [-0.39, 0.29) is 17.8 Å². The molecule has 0 aromatic heterocycles. The Labute approximate surface area is 171 Å². The molecular formula is C21H32F2N2O2S. The van der Waals surface area contributed by atoms with Crippen LogP contribution in [0.4, 0.5) is 8.78 Å². The lowest BCUT2D eigenvalue weighted by Gasteiger charge is -2.35. The normalized spacial score (nSPS) is 28.3. The van der Waals surface area contributed by atoms with E-state index in [9.17, 15) is 8.78 Å². The molecule has 2 unspecified atom stereocenters. The summed E-state index contributed by atoms with van der Waals surface area (Å²) >= 11 is 1.66. The van der Waals surface area contributed by atoms with Gasteiger partial charge in [0.15, 0.2) is 11.6 Å². The van der Waals surface area contributed by atoms with Crippen LogP contribution in [0.25, 0.3) is 0 Å². The Kier molecular flexibility index (Phi) is 8.38. The third kappa shape index (κ3) is 5.59. The molecule has 0 amide bonds. The van der Waals surface area contributed by atoms with Crippen molar-refractivity contribution in [1.82, 2.24) is 10.0 Å². The summed E-state index contributed by atoms with van der Waals surface area (Å²) in [5.74, 6) is -0.813. The summed E-state index contributed by atoms with van der Waals surface area (Å²) in [6, 6.07) is 3.11. The van der Waals surface area contributed by atoms with Crippen molar-refractivity contribution in [1.29, 1.82) is 0 Å². The van der Waals surface area contributed by atoms with Crippen LogP contribution in [0.5, 0.6) is 5.75 Å². The summed E-state index contributed by atoms with van der Waals surface area (Å²) in [5.41, 5.74) is 0.663. The highest BCUT2D eigenvalue weighted by molar-refractivity contribution is 7.96. The Hall–Kier alpha value is -0.890. The van der Waals surface area contributed by atoms with Crippen LogP contribution in [0.1, 0.15) is 56.9 Å². The van der Waals surface area contributed by atoms with Gasteiger partial charge >= 0.3 is 0 Å². The van der Waals surface area contributed by atoms with Crippen LogP contribution in [0.2, 0.25) is 0 Å². The van der Waals surface area contributed by atoms with E-state index in [0.717, 1.165) is 38.3 Å². The lowest BCUT2D eigenvalue weighted by molar-refractivity contribution is 0.00522. The Bertz CT molecular complexity index is 625. The van der Waals surface area contributed by atoms with Crippen LogP contribution in [-0.2, 0) is 4.74 Å². The molecule has 1 saturated carbocycles. The first kappa shape index (κ1) is 21.8. The van der Waals surface area contributed by atoms with Crippen molar-refractivity contribution in [2.75, 3.05) is 26.0 Å². The van der Waals surface area contributed by atoms with Gasteiger partial charge in [0.05, 0.1) is 19.3 Å². The number of hydrogen-bond donors (Lipinski definition) is 2. The molecule has 1 heterocycles. The number of hydrogen-bond acceptors (Lipinski definition) is 5. The second-order valence-electron chi connectivity index (χ2n) is 7.68. The van der Waals surface area contributed by atoms with E-state index in [2.05, 4.69) is 16.3 Å². The van der Waals surface area contributed by atoms with E-state index in [1.165, 1.54) is 18.9 Å². The first-order chi connectivity index (χ1) is 13.6. The van der Waals surface area contributed by atoms with Crippen LogP contribution >= 0.6 is 11.9 Å². The molecule has 4 nitrogen and oxygen atoms in total. The third-order valence-corrected chi connectivity index (χ3v) is 6.34. The molecule has 2 N–H and O–H groups in total. The second kappa shape index (κ2) is 10.8. The summed E-state index contributed by atoms with van der Waals surface area (Å²) in [5, 5.41) is 3.56. The van der Waals surface area contributed by atoms with Crippen molar-refractivity contribution in [2.45, 2.75) is 69.6 Å². The number of halogens is 2. The van der Waals surface area contributed by atoms with Crippen molar-refractivity contribution in [3.05, 3.63) is 29.3 Å². The number of benzene rings is 1. The Morgan fingerprint density at radius 3 is 2.68 bits per heavy atom. The molecule has 3 rings (SSSR count). The van der Waals surface area contributed by atoms with E-state index in [1.54, 1.807) is 11.9 Å². The Morgan fingerprint density at radius 2 is 1.96 bits per heavy atom. The molecule has 158 valence electrons. The first-order valence-electron chi connectivity index (χ1n) is 10.4. The predicted molar refractivity (Wildman–Crippen MR) is 110 cm³/mol. The number of ether oxygens (including phenoxy) is 2. The molecule has 2 atom stereocenters. The monoisotopic (exact) mass is 414 g/mol. The quantitative estimate of drug-likeness (QED) is 0.618. The zero-order valence-electron chi connectivity index (χ0n) is 16.8. The van der Waals surface area contributed by atoms with E-state index in [1.807, 2.05) is 6.92 Å². The van der Waals surface area contributed by atoms with Crippen LogP contribution in [0.15, 0.2) is 12.1 Å². The van der Waals surface area contributed by atoms with Crippen molar-refractivity contribution in [2.24, 2.45) is 0 Å². The van der Waals surface area contributed by atoms with Crippen molar-refractivity contribution in [3.8, 4) is 5.75 Å². The summed E-state index contributed by atoms with van der Waals surface area (Å²) in [4.78, 5) is 0. The Morgan fingerprint density at radius 1 is 1.18 bits per heavy atom. The van der Waals surface area contributed by atoms with E-state index < -0.39 is 11.6 Å². The highest BCUT2D eigenvalue weighted by atomic mass is 32.2. The van der Waals surface area contributed by atoms with Gasteiger partial charge in [0, 0.05) is 23.7 Å². The molecule has 1 aliphatic carbocycles. The maximum atomic E-state index is 14.2. The van der Waals surface area contributed by atoms with Crippen molar-refractivity contribution < 1.29 is 18.3 Å². The SMILES string of the molecule is CCOc1c(F)cc(F)cc1C1CCC(OCC2NCCCC2NSC)CC1. The van der Waals surface area contributed by atoms with Gasteiger partial charge < -0.3 is 14.8 Å². The van der Waals surface area contributed by atoms with Gasteiger partial charge in [-0.3, -0.25) is 4.72 Å². The minimum absolute atomic E-state index is 0.116. The highest BCUT2D eigenvalue weighted by Gasteiger charge is 2.29. The largest absolute Gasteiger partial charge is 0.491 e. The smallest absolute Gasteiger partial charge is 0.168 e. The first-order valence-corrected chi connectivity index (χ1v) is 11.6. The van der Waals surface area contributed by atoms with Crippen molar-refractivity contribution in [3.63, 3.8) is 0 Å². The zero-order chi connectivity index (χ0) is 19.9. The standard InChI is InChI=1S/C21H32F2N2O2S/c1-3-26-21-17(11-15(22)12-18(21)23)14-6-8-16(9-7-14)27-13-20-19(25-28-2)5-4-10-24-20/h11-12,14,16,19-20,24-25H,3-10,13H2,1-2H3. The fourth-order valence-corrected chi connectivity index (χ4v) is 4.97. The topological polar surface area (TPSA) is 42.5 Å². The molecule has 28 heavy (non-hydrogen) atoms. The van der Waals surface area contributed by atoms with Gasteiger partial charge in [0.2, 0.25) is 0 Å². The molecule has 0 bridgehead atoms. The second-order valence-corrected chi connectivity index (χ2v) is 8.32. The number of piperidine rings is 1. The zero-order valence-corrected chi connectivity index (χ0v) is 17.6. The molecule has 2 fully saturated rings. The minimum atomic E-state index is -0.606. The van der Waals surface area contributed by atoms with E-state index in [4.69, 9.17) is 9.47 Å². The average Bonchev–Trinajstić information content (AvgIpc) is 2.70. The fraction of sp³-hybridized carbons (Fsp3) is 0.714. The molecular weight excluding hydrogens is 382 g/mol. The molecule has 1 aromatic carbocycles. The van der Waals surface area contributed by atoms with Gasteiger partial charge in [0.25, 0.3) is 0 Å². The number of nitrogens with one attached hydrogen (secondary N) is 2. The maximum Gasteiger partial charge on any atom is 0.168 e. The van der Waals surface area contributed by atoms with Gasteiger partial charge in [-0.2, -0.15) is 0 Å². The van der Waals surface area contributed by atoms with Gasteiger partial charge in [-0.1, -0.05) is 11.9 Å². The van der Waals surface area contributed by atoms with E-state index in [0.29, 0.717) is 30.9 Å². The molecule has 0 radical (unpaired) electrons. The summed E-state index contributed by atoms with van der Waals surface area (Å²) in [6.45, 7) is 3.93. The minimum Gasteiger partial charge on any atom is -0.491 e. The van der Waals surface area contributed by atoms with Crippen LogP contribution in [-0.4, -0.2) is 44.2 Å². The van der Waals surface area contributed by atoms with Gasteiger partial charge in [-0.15, -0.1) is 0 Å². The molecule has 1 aromatic rings. The summed E-state index contributed by atoms with van der Waals surface area (Å²) in [6.07, 6.45) is 8.15. The lowest BCUT2D eigenvalue weighted by Crippen LogP contribution is -2.52. The van der Waals surface area contributed by atoms with Gasteiger partial charge in [-0.05, 0) is 70.2 Å². The molecule has 0 spiro atoms. The Balaban J connectivity index is 1.53. The van der Waals surface area contributed by atoms with Crippen molar-refractivity contribution >= 4 is 11.9 Å². The maximum absolute atomic E-state index is 14.2. The molecule has 1 aliphatic heterocycles. The van der Waals surface area contributed by atoms with Crippen LogP contribution in [0, 0.1) is 11.6 Å². The van der Waals surface area contributed by atoms with Crippen LogP contribution in [0.3, 0.4) is 0 Å². The summed E-state index contributed by atoms with van der Waals surface area (Å²) < 4.78 is 43.1. The molecule has 7 heteroatoms. The highest BCUT2D eigenvalue weighted by Crippen LogP contribution is 2.40. The third-order valence-electron chi connectivity index (χ3n) is 5.80. The molecule has 2 aliphatic rings.